The third-order valence-electron chi connectivity index (χ3n) is 4.02. The van der Waals surface area contributed by atoms with Crippen LogP contribution in [-0.4, -0.2) is 10.6 Å². The molecule has 2 aromatic carbocycles. The summed E-state index contributed by atoms with van der Waals surface area (Å²) in [5, 5.41) is 2.05. The molecule has 0 fully saturated rings. The summed E-state index contributed by atoms with van der Waals surface area (Å²) >= 11 is 5.86. The first-order valence-corrected chi connectivity index (χ1v) is 8.81. The van der Waals surface area contributed by atoms with Gasteiger partial charge in [-0.1, -0.05) is 29.8 Å². The Morgan fingerprint density at radius 2 is 1.83 bits per heavy atom. The van der Waals surface area contributed by atoms with E-state index in [1.807, 2.05) is 0 Å². The van der Waals surface area contributed by atoms with Gasteiger partial charge in [-0.05, 0) is 36.4 Å². The van der Waals surface area contributed by atoms with Crippen LogP contribution in [0.1, 0.15) is 21.5 Å². The van der Waals surface area contributed by atoms with Gasteiger partial charge in [0.15, 0.2) is 0 Å². The molecule has 0 spiro atoms. The van der Waals surface area contributed by atoms with E-state index in [4.69, 9.17) is 16.4 Å². The molecule has 0 atom stereocenters. The van der Waals surface area contributed by atoms with Gasteiger partial charge in [-0.3, -0.25) is 9.59 Å². The molecule has 1 amide bonds. The number of nitrogens with one attached hydrogen (secondary N) is 1. The van der Waals surface area contributed by atoms with E-state index in [0.717, 1.165) is 16.9 Å². The topological polar surface area (TPSA) is 60.3 Å². The van der Waals surface area contributed by atoms with Crippen LogP contribution in [0.25, 0.3) is 0 Å². The number of aromatic nitrogens is 1. The molecule has 0 aliphatic heterocycles. The molecule has 3 rings (SSSR count). The van der Waals surface area contributed by atoms with Gasteiger partial charge in [-0.2, -0.15) is 17.9 Å². The second kappa shape index (κ2) is 8.58. The Bertz CT molecular complexity index is 1150. The quantitative estimate of drug-likeness (QED) is 0.592. The molecule has 3 aromatic rings. The van der Waals surface area contributed by atoms with Crippen molar-refractivity contribution in [2.24, 2.45) is 0 Å². The zero-order valence-electron chi connectivity index (χ0n) is 15.0. The smallest absolute Gasteiger partial charge is 0.406 e. The molecule has 0 radical (unpaired) electrons. The van der Waals surface area contributed by atoms with Crippen molar-refractivity contribution < 1.29 is 27.2 Å². The highest BCUT2D eigenvalue weighted by Crippen LogP contribution is 2.33. The van der Waals surface area contributed by atoms with Crippen LogP contribution in [0.15, 0.2) is 65.6 Å². The number of anilines is 1. The second-order valence-corrected chi connectivity index (χ2v) is 6.47. The number of benzene rings is 2. The standard InChI is InChI=1S/C20H13ClF4N2O3/c21-15-8-7-13(20(23,24)25)10-17(15)26-18(28)14-5-3-9-27(19(14)29)30-11-12-4-1-2-6-16(12)22/h1-10H,11H2,(H,26,28). The Balaban J connectivity index is 1.82. The molecular weight excluding hydrogens is 428 g/mol. The number of alkyl halides is 3. The number of carbonyl (C=O) groups is 1. The number of carbonyl (C=O) groups excluding carboxylic acids is 1. The minimum Gasteiger partial charge on any atom is -0.406 e. The number of amides is 1. The summed E-state index contributed by atoms with van der Waals surface area (Å²) in [6.45, 7) is -0.281. The van der Waals surface area contributed by atoms with Gasteiger partial charge in [0.05, 0.1) is 16.3 Å². The van der Waals surface area contributed by atoms with Gasteiger partial charge in [-0.25, -0.2) is 4.39 Å². The molecule has 1 aromatic heterocycles. The highest BCUT2D eigenvalue weighted by atomic mass is 35.5. The number of rotatable bonds is 5. The van der Waals surface area contributed by atoms with Crippen LogP contribution < -0.4 is 15.7 Å². The van der Waals surface area contributed by atoms with E-state index in [2.05, 4.69) is 5.32 Å². The SMILES string of the molecule is O=C(Nc1cc(C(F)(F)F)ccc1Cl)c1cccn(OCc2ccccc2F)c1=O. The van der Waals surface area contributed by atoms with E-state index in [9.17, 15) is 27.2 Å². The van der Waals surface area contributed by atoms with Crippen LogP contribution in [-0.2, 0) is 12.8 Å². The molecular formula is C20H13ClF4N2O3. The number of hydrogen-bond acceptors (Lipinski definition) is 3. The van der Waals surface area contributed by atoms with Gasteiger partial charge < -0.3 is 10.2 Å². The second-order valence-electron chi connectivity index (χ2n) is 6.06. The summed E-state index contributed by atoms with van der Waals surface area (Å²) in [5.74, 6) is -1.51. The first kappa shape index (κ1) is 21.4. The molecule has 1 heterocycles. The average molecular weight is 441 g/mol. The highest BCUT2D eigenvalue weighted by Gasteiger charge is 2.31. The summed E-state index contributed by atoms with van der Waals surface area (Å²) in [6.07, 6.45) is -3.42. The number of nitrogens with zero attached hydrogens (tertiary/aromatic N) is 1. The summed E-state index contributed by atoms with van der Waals surface area (Å²) in [4.78, 5) is 30.2. The summed E-state index contributed by atoms with van der Waals surface area (Å²) in [5.41, 5.74) is -2.41. The maximum absolute atomic E-state index is 13.7. The van der Waals surface area contributed by atoms with Gasteiger partial charge in [0.25, 0.3) is 11.5 Å². The zero-order valence-corrected chi connectivity index (χ0v) is 15.8. The van der Waals surface area contributed by atoms with Crippen molar-refractivity contribution in [2.45, 2.75) is 12.8 Å². The lowest BCUT2D eigenvalue weighted by Crippen LogP contribution is -2.32. The van der Waals surface area contributed by atoms with Crippen molar-refractivity contribution in [3.63, 3.8) is 0 Å². The first-order chi connectivity index (χ1) is 14.2. The normalized spacial score (nSPS) is 11.2. The minimum atomic E-state index is -4.63. The van der Waals surface area contributed by atoms with Gasteiger partial charge in [-0.15, -0.1) is 0 Å². The van der Waals surface area contributed by atoms with Crippen LogP contribution in [0.4, 0.5) is 23.2 Å². The van der Waals surface area contributed by atoms with E-state index in [0.29, 0.717) is 6.07 Å². The van der Waals surface area contributed by atoms with Crippen molar-refractivity contribution in [3.05, 3.63) is 98.7 Å². The molecule has 5 nitrogen and oxygen atoms in total. The molecule has 156 valence electrons. The molecule has 0 aliphatic rings. The number of halogens is 5. The summed E-state index contributed by atoms with van der Waals surface area (Å²) in [6, 6.07) is 10.7. The van der Waals surface area contributed by atoms with Gasteiger partial charge in [0.2, 0.25) is 0 Å². The predicted molar refractivity (Wildman–Crippen MR) is 102 cm³/mol. The van der Waals surface area contributed by atoms with Crippen LogP contribution >= 0.6 is 11.6 Å². The van der Waals surface area contributed by atoms with E-state index in [1.165, 1.54) is 36.5 Å². The molecule has 1 N–H and O–H groups in total. The monoisotopic (exact) mass is 440 g/mol. The van der Waals surface area contributed by atoms with E-state index < -0.39 is 34.6 Å². The molecule has 30 heavy (non-hydrogen) atoms. The zero-order chi connectivity index (χ0) is 21.9. The van der Waals surface area contributed by atoms with E-state index in [-0.39, 0.29) is 22.9 Å². The van der Waals surface area contributed by atoms with Gasteiger partial charge in [0, 0.05) is 11.8 Å². The van der Waals surface area contributed by atoms with E-state index >= 15 is 0 Å². The van der Waals surface area contributed by atoms with E-state index in [1.54, 1.807) is 6.07 Å². The van der Waals surface area contributed by atoms with Crippen LogP contribution in [0, 0.1) is 5.82 Å². The van der Waals surface area contributed by atoms with Crippen molar-refractivity contribution >= 4 is 23.2 Å². The minimum absolute atomic E-state index is 0.136. The molecule has 0 unspecified atom stereocenters. The lowest BCUT2D eigenvalue weighted by molar-refractivity contribution is -0.137. The Morgan fingerprint density at radius 1 is 1.10 bits per heavy atom. The fraction of sp³-hybridized carbons (Fsp3) is 0.100. The van der Waals surface area contributed by atoms with Crippen molar-refractivity contribution in [1.82, 2.24) is 4.73 Å². The Kier molecular flexibility index (Phi) is 6.12. The van der Waals surface area contributed by atoms with Crippen molar-refractivity contribution in [3.8, 4) is 0 Å². The molecule has 0 saturated heterocycles. The molecule has 0 saturated carbocycles. The first-order valence-electron chi connectivity index (χ1n) is 8.43. The maximum Gasteiger partial charge on any atom is 0.416 e. The van der Waals surface area contributed by atoms with Crippen LogP contribution in [0.5, 0.6) is 0 Å². The molecule has 0 bridgehead atoms. The average Bonchev–Trinajstić information content (AvgIpc) is 2.69. The number of pyridine rings is 1. The predicted octanol–water partition coefficient (Wildman–Crippen LogP) is 4.54. The van der Waals surface area contributed by atoms with Crippen LogP contribution in [0.2, 0.25) is 5.02 Å². The maximum atomic E-state index is 13.7. The number of hydrogen-bond donors (Lipinski definition) is 1. The third kappa shape index (κ3) is 4.80. The van der Waals surface area contributed by atoms with Gasteiger partial charge >= 0.3 is 6.18 Å². The summed E-state index contributed by atoms with van der Waals surface area (Å²) in [7, 11) is 0. The largest absolute Gasteiger partial charge is 0.416 e. The summed E-state index contributed by atoms with van der Waals surface area (Å²) < 4.78 is 53.0. The molecule has 0 aliphatic carbocycles. The fourth-order valence-electron chi connectivity index (χ4n) is 2.49. The lowest BCUT2D eigenvalue weighted by atomic mass is 10.2. The van der Waals surface area contributed by atoms with Gasteiger partial charge in [0.1, 0.15) is 18.0 Å². The molecule has 10 heteroatoms. The third-order valence-corrected chi connectivity index (χ3v) is 4.35. The fourth-order valence-corrected chi connectivity index (χ4v) is 2.66. The lowest BCUT2D eigenvalue weighted by Gasteiger charge is -2.13. The Morgan fingerprint density at radius 3 is 2.53 bits per heavy atom. The van der Waals surface area contributed by atoms with Crippen molar-refractivity contribution in [2.75, 3.05) is 5.32 Å². The Labute approximate surface area is 172 Å². The highest BCUT2D eigenvalue weighted by molar-refractivity contribution is 6.34. The Hall–Kier alpha value is -3.33. The van der Waals surface area contributed by atoms with Crippen molar-refractivity contribution in [1.29, 1.82) is 0 Å². The van der Waals surface area contributed by atoms with Crippen LogP contribution in [0.3, 0.4) is 0 Å².